The SMILES string of the molecule is CCc1cc(C(F)(F)F)n2nc([C@H]3CCN(C(=O)[C@H](C)Oc4ccc5c(c4)OCO5)C3)cc2n1. The van der Waals surface area contributed by atoms with Gasteiger partial charge in [0.15, 0.2) is 23.3 Å². The van der Waals surface area contributed by atoms with Crippen LogP contribution in [0.4, 0.5) is 13.2 Å². The first-order chi connectivity index (χ1) is 16.2. The molecule has 0 unspecified atom stereocenters. The molecule has 0 aliphatic carbocycles. The second kappa shape index (κ2) is 8.37. The molecule has 1 saturated heterocycles. The lowest BCUT2D eigenvalue weighted by atomic mass is 10.1. The summed E-state index contributed by atoms with van der Waals surface area (Å²) in [7, 11) is 0. The van der Waals surface area contributed by atoms with Crippen molar-refractivity contribution in [3.63, 3.8) is 0 Å². The van der Waals surface area contributed by atoms with Gasteiger partial charge in [0.25, 0.3) is 5.91 Å². The number of ether oxygens (including phenoxy) is 3. The van der Waals surface area contributed by atoms with Crippen LogP contribution < -0.4 is 14.2 Å². The Labute approximate surface area is 193 Å². The smallest absolute Gasteiger partial charge is 0.433 e. The molecular weight excluding hydrogens is 453 g/mol. The summed E-state index contributed by atoms with van der Waals surface area (Å²) >= 11 is 0. The van der Waals surface area contributed by atoms with Crippen molar-refractivity contribution < 1.29 is 32.2 Å². The van der Waals surface area contributed by atoms with Gasteiger partial charge in [-0.25, -0.2) is 9.50 Å². The Morgan fingerprint density at radius 1 is 1.24 bits per heavy atom. The standard InChI is InChI=1S/C23H23F3N4O4/c1-3-15-8-20(23(24,25)26)30-21(27-15)10-17(28-30)14-6-7-29(11-14)22(31)13(2)34-16-4-5-18-19(9-16)33-12-32-18/h4-5,8-10,13-14H,3,6-7,11-12H2,1-2H3/t13-,14-/m0/s1. The highest BCUT2D eigenvalue weighted by Crippen LogP contribution is 2.36. The first-order valence-electron chi connectivity index (χ1n) is 11.0. The molecule has 0 bridgehead atoms. The van der Waals surface area contributed by atoms with Crippen LogP contribution in [0.1, 0.15) is 43.3 Å². The van der Waals surface area contributed by atoms with E-state index in [1.165, 1.54) is 0 Å². The van der Waals surface area contributed by atoms with Gasteiger partial charge in [-0.1, -0.05) is 6.92 Å². The Morgan fingerprint density at radius 2 is 2.03 bits per heavy atom. The number of likely N-dealkylation sites (tertiary alicyclic amines) is 1. The molecular formula is C23H23F3N4O4. The largest absolute Gasteiger partial charge is 0.481 e. The van der Waals surface area contributed by atoms with Gasteiger partial charge in [0.05, 0.1) is 5.69 Å². The van der Waals surface area contributed by atoms with Gasteiger partial charge in [0, 0.05) is 36.8 Å². The van der Waals surface area contributed by atoms with Crippen LogP contribution in [0.2, 0.25) is 0 Å². The number of aromatic nitrogens is 3. The molecule has 34 heavy (non-hydrogen) atoms. The van der Waals surface area contributed by atoms with E-state index in [1.54, 1.807) is 43.0 Å². The van der Waals surface area contributed by atoms with Gasteiger partial charge in [-0.05, 0) is 38.0 Å². The van der Waals surface area contributed by atoms with E-state index in [-0.39, 0.29) is 24.3 Å². The molecule has 180 valence electrons. The van der Waals surface area contributed by atoms with Crippen molar-refractivity contribution in [3.05, 3.63) is 47.4 Å². The molecule has 2 aliphatic rings. The number of hydrogen-bond acceptors (Lipinski definition) is 6. The summed E-state index contributed by atoms with van der Waals surface area (Å²) in [5.74, 6) is 1.28. The normalized spacial score (nSPS) is 18.5. The summed E-state index contributed by atoms with van der Waals surface area (Å²) in [5, 5.41) is 4.22. The Kier molecular flexibility index (Phi) is 5.49. The molecule has 11 heteroatoms. The molecule has 3 aromatic rings. The van der Waals surface area contributed by atoms with E-state index in [1.807, 2.05) is 0 Å². The zero-order chi connectivity index (χ0) is 24.0. The molecule has 0 saturated carbocycles. The van der Waals surface area contributed by atoms with E-state index in [2.05, 4.69) is 10.1 Å². The Balaban J connectivity index is 1.30. The third-order valence-corrected chi connectivity index (χ3v) is 6.07. The lowest BCUT2D eigenvalue weighted by Gasteiger charge is -2.21. The first kappa shape index (κ1) is 22.3. The number of nitrogens with zero attached hydrogens (tertiary/aromatic N) is 4. The number of carbonyl (C=O) groups excluding carboxylic acids is 1. The van der Waals surface area contributed by atoms with Gasteiger partial charge in [-0.2, -0.15) is 18.3 Å². The van der Waals surface area contributed by atoms with Crippen molar-refractivity contribution in [2.24, 2.45) is 0 Å². The number of amides is 1. The van der Waals surface area contributed by atoms with E-state index in [4.69, 9.17) is 14.2 Å². The van der Waals surface area contributed by atoms with Crippen molar-refractivity contribution in [3.8, 4) is 17.2 Å². The van der Waals surface area contributed by atoms with Crippen LogP contribution in [0.5, 0.6) is 17.2 Å². The van der Waals surface area contributed by atoms with E-state index in [0.29, 0.717) is 54.6 Å². The minimum absolute atomic E-state index is 0.144. The lowest BCUT2D eigenvalue weighted by Crippen LogP contribution is -2.39. The maximum Gasteiger partial charge on any atom is 0.433 e. The van der Waals surface area contributed by atoms with Crippen LogP contribution in [0.15, 0.2) is 30.3 Å². The third kappa shape index (κ3) is 4.10. The molecule has 0 N–H and O–H groups in total. The topological polar surface area (TPSA) is 78.2 Å². The highest BCUT2D eigenvalue weighted by Gasteiger charge is 2.37. The number of aryl methyl sites for hydroxylation is 1. The summed E-state index contributed by atoms with van der Waals surface area (Å²) in [6.07, 6.45) is -4.32. The number of benzene rings is 1. The van der Waals surface area contributed by atoms with Crippen molar-refractivity contribution in [2.75, 3.05) is 19.9 Å². The molecule has 1 fully saturated rings. The summed E-state index contributed by atoms with van der Waals surface area (Å²) in [6, 6.07) is 7.71. The molecule has 5 rings (SSSR count). The zero-order valence-corrected chi connectivity index (χ0v) is 18.6. The van der Waals surface area contributed by atoms with Crippen LogP contribution in [-0.2, 0) is 17.4 Å². The number of alkyl halides is 3. The Hall–Kier alpha value is -3.50. The Bertz CT molecular complexity index is 1240. The van der Waals surface area contributed by atoms with Gasteiger partial charge in [-0.3, -0.25) is 4.79 Å². The highest BCUT2D eigenvalue weighted by atomic mass is 19.4. The number of rotatable bonds is 5. The van der Waals surface area contributed by atoms with E-state index in [9.17, 15) is 18.0 Å². The molecule has 8 nitrogen and oxygen atoms in total. The molecule has 2 aromatic heterocycles. The van der Waals surface area contributed by atoms with Crippen molar-refractivity contribution in [2.45, 2.75) is 44.9 Å². The average Bonchev–Trinajstić information content (AvgIpc) is 3.55. The lowest BCUT2D eigenvalue weighted by molar-refractivity contribution is -0.142. The molecule has 0 spiro atoms. The van der Waals surface area contributed by atoms with Gasteiger partial charge >= 0.3 is 6.18 Å². The van der Waals surface area contributed by atoms with E-state index < -0.39 is 18.0 Å². The molecule has 4 heterocycles. The quantitative estimate of drug-likeness (QED) is 0.557. The number of carbonyl (C=O) groups is 1. The molecule has 1 amide bonds. The fraction of sp³-hybridized carbons (Fsp3) is 0.435. The van der Waals surface area contributed by atoms with Crippen LogP contribution in [-0.4, -0.2) is 51.4 Å². The first-order valence-corrected chi connectivity index (χ1v) is 11.0. The van der Waals surface area contributed by atoms with Gasteiger partial charge < -0.3 is 19.1 Å². The van der Waals surface area contributed by atoms with E-state index >= 15 is 0 Å². The predicted molar refractivity (Wildman–Crippen MR) is 114 cm³/mol. The van der Waals surface area contributed by atoms with Gasteiger partial charge in [0.2, 0.25) is 6.79 Å². The fourth-order valence-corrected chi connectivity index (χ4v) is 4.29. The summed E-state index contributed by atoms with van der Waals surface area (Å²) < 4.78 is 57.9. The average molecular weight is 476 g/mol. The zero-order valence-electron chi connectivity index (χ0n) is 18.6. The molecule has 2 atom stereocenters. The van der Waals surface area contributed by atoms with Gasteiger partial charge in [0.1, 0.15) is 11.4 Å². The van der Waals surface area contributed by atoms with Gasteiger partial charge in [-0.15, -0.1) is 0 Å². The Morgan fingerprint density at radius 3 is 2.79 bits per heavy atom. The minimum atomic E-state index is -4.55. The van der Waals surface area contributed by atoms with Crippen molar-refractivity contribution in [1.82, 2.24) is 19.5 Å². The van der Waals surface area contributed by atoms with Crippen molar-refractivity contribution in [1.29, 1.82) is 0 Å². The van der Waals surface area contributed by atoms with E-state index in [0.717, 1.165) is 10.6 Å². The number of hydrogen-bond donors (Lipinski definition) is 0. The second-order valence-electron chi connectivity index (χ2n) is 8.37. The van der Waals surface area contributed by atoms with Crippen LogP contribution >= 0.6 is 0 Å². The number of halogens is 3. The van der Waals surface area contributed by atoms with Crippen LogP contribution in [0.3, 0.4) is 0 Å². The van der Waals surface area contributed by atoms with Crippen LogP contribution in [0.25, 0.3) is 5.65 Å². The third-order valence-electron chi connectivity index (χ3n) is 6.07. The molecule has 0 radical (unpaired) electrons. The maximum atomic E-state index is 13.6. The summed E-state index contributed by atoms with van der Waals surface area (Å²) in [4.78, 5) is 18.9. The fourth-order valence-electron chi connectivity index (χ4n) is 4.29. The van der Waals surface area contributed by atoms with Crippen LogP contribution in [0, 0.1) is 0 Å². The minimum Gasteiger partial charge on any atom is -0.481 e. The summed E-state index contributed by atoms with van der Waals surface area (Å²) in [6.45, 7) is 4.37. The summed E-state index contributed by atoms with van der Waals surface area (Å²) in [5.41, 5.74) is 0.151. The van der Waals surface area contributed by atoms with Crippen molar-refractivity contribution >= 4 is 11.6 Å². The second-order valence-corrected chi connectivity index (χ2v) is 8.37. The predicted octanol–water partition coefficient (Wildman–Crippen LogP) is 3.82. The highest BCUT2D eigenvalue weighted by molar-refractivity contribution is 5.81. The number of fused-ring (bicyclic) bond motifs is 2. The molecule has 2 aliphatic heterocycles. The monoisotopic (exact) mass is 476 g/mol. The molecule has 1 aromatic carbocycles. The maximum absolute atomic E-state index is 13.6.